The lowest BCUT2D eigenvalue weighted by molar-refractivity contribution is 0.768. The Bertz CT molecular complexity index is 2500. The van der Waals surface area contributed by atoms with Crippen LogP contribution in [0.3, 0.4) is 0 Å². The van der Waals surface area contributed by atoms with Gasteiger partial charge in [-0.05, 0) is 131 Å². The van der Waals surface area contributed by atoms with Crippen molar-refractivity contribution in [2.24, 2.45) is 0 Å². The molecular formula is C53H43N. The van der Waals surface area contributed by atoms with Crippen molar-refractivity contribution in [2.45, 2.75) is 33.1 Å². The number of hydrogen-bond acceptors (Lipinski definition) is 1. The second-order valence-corrected chi connectivity index (χ2v) is 14.9. The maximum Gasteiger partial charge on any atom is 0.0713 e. The van der Waals surface area contributed by atoms with Gasteiger partial charge in [0.15, 0.2) is 0 Å². The number of hydrogen-bond donors (Lipinski definition) is 0. The van der Waals surface area contributed by atoms with Crippen LogP contribution in [0.2, 0.25) is 0 Å². The molecule has 0 N–H and O–H groups in total. The van der Waals surface area contributed by atoms with Gasteiger partial charge < -0.3 is 4.90 Å². The minimum Gasteiger partial charge on any atom is -0.311 e. The first kappa shape index (κ1) is 33.4. The molecule has 0 unspecified atom stereocenters. The van der Waals surface area contributed by atoms with Gasteiger partial charge in [-0.15, -0.1) is 0 Å². The third-order valence-electron chi connectivity index (χ3n) is 11.2. The van der Waals surface area contributed by atoms with E-state index in [1.54, 1.807) is 0 Å². The van der Waals surface area contributed by atoms with Gasteiger partial charge in [0, 0.05) is 17.1 Å². The quantitative estimate of drug-likeness (QED) is 0.161. The number of nitrogens with zero attached hydrogens (tertiary/aromatic N) is 1. The lowest BCUT2D eigenvalue weighted by Crippen LogP contribution is -2.28. The van der Waals surface area contributed by atoms with Crippen molar-refractivity contribution in [3.63, 3.8) is 0 Å². The third-order valence-corrected chi connectivity index (χ3v) is 11.2. The zero-order chi connectivity index (χ0) is 36.8. The van der Waals surface area contributed by atoms with Crippen molar-refractivity contribution in [2.75, 3.05) is 4.90 Å². The highest BCUT2D eigenvalue weighted by Gasteiger charge is 2.45. The predicted octanol–water partition coefficient (Wildman–Crippen LogP) is 14.1. The molecule has 1 nitrogen and oxygen atoms in total. The smallest absolute Gasteiger partial charge is 0.0713 e. The third kappa shape index (κ3) is 5.74. The van der Waals surface area contributed by atoms with Gasteiger partial charge in [-0.25, -0.2) is 0 Å². The molecule has 1 aliphatic carbocycles. The van der Waals surface area contributed by atoms with E-state index in [-0.39, 0.29) is 0 Å². The minimum atomic E-state index is -0.399. The van der Waals surface area contributed by atoms with E-state index in [4.69, 9.17) is 0 Å². The lowest BCUT2D eigenvalue weighted by atomic mass is 9.67. The Morgan fingerprint density at radius 3 is 1.11 bits per heavy atom. The maximum atomic E-state index is 2.36. The molecule has 0 fully saturated rings. The molecule has 0 bridgehead atoms. The molecule has 260 valence electrons. The lowest BCUT2D eigenvalue weighted by Gasteiger charge is -2.34. The molecule has 0 saturated carbocycles. The summed E-state index contributed by atoms with van der Waals surface area (Å²) in [6, 6.07) is 69.9. The molecule has 1 aliphatic rings. The van der Waals surface area contributed by atoms with Gasteiger partial charge in [0.25, 0.3) is 0 Å². The Balaban J connectivity index is 1.09. The van der Waals surface area contributed by atoms with Gasteiger partial charge in [-0.3, -0.25) is 0 Å². The molecule has 54 heavy (non-hydrogen) atoms. The van der Waals surface area contributed by atoms with Crippen LogP contribution >= 0.6 is 0 Å². The van der Waals surface area contributed by atoms with Gasteiger partial charge in [0.1, 0.15) is 0 Å². The van der Waals surface area contributed by atoms with E-state index in [0.717, 1.165) is 17.1 Å². The van der Waals surface area contributed by atoms with Gasteiger partial charge >= 0.3 is 0 Å². The Labute approximate surface area is 319 Å². The van der Waals surface area contributed by atoms with Gasteiger partial charge in [0.2, 0.25) is 0 Å². The fraction of sp³-hybridized carbons (Fsp3) is 0.0943. The average Bonchev–Trinajstić information content (AvgIpc) is 3.51. The van der Waals surface area contributed by atoms with Crippen LogP contribution in [0, 0.1) is 27.7 Å². The highest BCUT2D eigenvalue weighted by Crippen LogP contribution is 2.56. The summed E-state index contributed by atoms with van der Waals surface area (Å²) >= 11 is 0. The van der Waals surface area contributed by atoms with E-state index in [1.165, 1.54) is 77.9 Å². The molecule has 9 rings (SSSR count). The summed E-state index contributed by atoms with van der Waals surface area (Å²) in [6.07, 6.45) is 0. The van der Waals surface area contributed by atoms with Crippen LogP contribution in [0.25, 0.3) is 33.4 Å². The number of anilines is 3. The van der Waals surface area contributed by atoms with Crippen molar-refractivity contribution < 1.29 is 0 Å². The fourth-order valence-electron chi connectivity index (χ4n) is 8.49. The Kier molecular flexibility index (Phi) is 8.36. The van der Waals surface area contributed by atoms with E-state index in [2.05, 4.69) is 221 Å². The first-order valence-electron chi connectivity index (χ1n) is 18.9. The molecule has 0 radical (unpaired) electrons. The van der Waals surface area contributed by atoms with Gasteiger partial charge in [-0.2, -0.15) is 0 Å². The minimum absolute atomic E-state index is 0.399. The molecule has 0 amide bonds. The summed E-state index contributed by atoms with van der Waals surface area (Å²) < 4.78 is 0. The molecule has 1 heteroatoms. The summed E-state index contributed by atoms with van der Waals surface area (Å²) in [5.41, 5.74) is 20.8. The Morgan fingerprint density at radius 1 is 0.315 bits per heavy atom. The standard InChI is InChI=1S/C53H43N/c1-36-13-23-44(24-14-36)53(51-11-7-5-9-49(51)50-10-6-8-12-52(50)53)45-25-19-40(20-26-45)42-33-39(4)34-43(35-42)41-21-31-48(32-22-41)54(46-27-15-37(2)16-28-46)47-29-17-38(3)18-30-47/h5-35H,1-4H3. The van der Waals surface area contributed by atoms with Crippen LogP contribution in [0.5, 0.6) is 0 Å². The monoisotopic (exact) mass is 693 g/mol. The van der Waals surface area contributed by atoms with Gasteiger partial charge in [0.05, 0.1) is 5.41 Å². The van der Waals surface area contributed by atoms with Crippen molar-refractivity contribution in [3.8, 4) is 33.4 Å². The van der Waals surface area contributed by atoms with Gasteiger partial charge in [-0.1, -0.05) is 162 Å². The number of fused-ring (bicyclic) bond motifs is 3. The number of aryl methyl sites for hydroxylation is 4. The normalized spacial score (nSPS) is 12.6. The van der Waals surface area contributed by atoms with Crippen LogP contribution in [0.1, 0.15) is 44.5 Å². The zero-order valence-corrected chi connectivity index (χ0v) is 31.3. The van der Waals surface area contributed by atoms with Crippen LogP contribution in [0.15, 0.2) is 188 Å². The van der Waals surface area contributed by atoms with E-state index in [1.807, 2.05) is 0 Å². The summed E-state index contributed by atoms with van der Waals surface area (Å²) in [7, 11) is 0. The topological polar surface area (TPSA) is 3.24 Å². The highest BCUT2D eigenvalue weighted by atomic mass is 15.1. The van der Waals surface area contributed by atoms with E-state index >= 15 is 0 Å². The molecular weight excluding hydrogens is 651 g/mol. The molecule has 8 aromatic carbocycles. The van der Waals surface area contributed by atoms with Crippen molar-refractivity contribution >= 4 is 17.1 Å². The zero-order valence-electron chi connectivity index (χ0n) is 31.3. The first-order valence-corrected chi connectivity index (χ1v) is 18.9. The van der Waals surface area contributed by atoms with Crippen molar-refractivity contribution in [1.29, 1.82) is 0 Å². The second-order valence-electron chi connectivity index (χ2n) is 14.9. The first-order chi connectivity index (χ1) is 26.4. The summed E-state index contributed by atoms with van der Waals surface area (Å²) in [5, 5.41) is 0. The Morgan fingerprint density at radius 2 is 0.667 bits per heavy atom. The molecule has 0 aliphatic heterocycles. The van der Waals surface area contributed by atoms with Crippen LogP contribution in [-0.4, -0.2) is 0 Å². The summed E-state index contributed by atoms with van der Waals surface area (Å²) in [5.74, 6) is 0. The highest BCUT2D eigenvalue weighted by molar-refractivity contribution is 5.87. The summed E-state index contributed by atoms with van der Waals surface area (Å²) in [6.45, 7) is 8.63. The SMILES string of the molecule is Cc1ccc(N(c2ccc(C)cc2)c2ccc(-c3cc(C)cc(-c4ccc(C5(c6ccc(C)cc6)c6ccccc6-c6ccccc65)cc4)c3)cc2)cc1. The van der Waals surface area contributed by atoms with Crippen LogP contribution in [-0.2, 0) is 5.41 Å². The van der Waals surface area contributed by atoms with Crippen LogP contribution in [0.4, 0.5) is 17.1 Å². The molecule has 0 heterocycles. The largest absolute Gasteiger partial charge is 0.311 e. The molecule has 8 aromatic rings. The van der Waals surface area contributed by atoms with E-state index in [9.17, 15) is 0 Å². The predicted molar refractivity (Wildman–Crippen MR) is 228 cm³/mol. The average molecular weight is 694 g/mol. The Hall–Kier alpha value is -6.44. The molecule has 0 atom stereocenters. The molecule has 0 spiro atoms. The van der Waals surface area contributed by atoms with Crippen LogP contribution < -0.4 is 4.90 Å². The molecule has 0 saturated heterocycles. The second kappa shape index (κ2) is 13.5. The summed E-state index contributed by atoms with van der Waals surface area (Å²) in [4.78, 5) is 2.33. The number of rotatable bonds is 7. The van der Waals surface area contributed by atoms with Crippen molar-refractivity contribution in [3.05, 3.63) is 233 Å². The molecule has 0 aromatic heterocycles. The maximum absolute atomic E-state index is 2.36. The fourth-order valence-corrected chi connectivity index (χ4v) is 8.49. The van der Waals surface area contributed by atoms with E-state index < -0.39 is 5.41 Å². The number of benzene rings is 8. The van der Waals surface area contributed by atoms with Crippen molar-refractivity contribution in [1.82, 2.24) is 0 Å². The van der Waals surface area contributed by atoms with E-state index in [0.29, 0.717) is 0 Å².